The first-order valence-corrected chi connectivity index (χ1v) is 5.45. The van der Waals surface area contributed by atoms with Gasteiger partial charge in [0.2, 0.25) is 0 Å². The van der Waals surface area contributed by atoms with Gasteiger partial charge in [-0.3, -0.25) is 0 Å². The van der Waals surface area contributed by atoms with Crippen molar-refractivity contribution in [2.45, 2.75) is 45.3 Å². The lowest BCUT2D eigenvalue weighted by Gasteiger charge is -2.21. The SMILES string of the molecule is CC(C)(C)Oc1ncc(F)cc1OC1CC1. The summed E-state index contributed by atoms with van der Waals surface area (Å²) in [5, 5.41) is 0. The Kier molecular flexibility index (Phi) is 2.74. The zero-order valence-corrected chi connectivity index (χ0v) is 9.79. The third-order valence-corrected chi connectivity index (χ3v) is 2.01. The molecule has 0 aromatic carbocycles. The largest absolute Gasteiger partial charge is 0.485 e. The van der Waals surface area contributed by atoms with Gasteiger partial charge < -0.3 is 9.47 Å². The fourth-order valence-electron chi connectivity index (χ4n) is 1.22. The van der Waals surface area contributed by atoms with E-state index in [-0.39, 0.29) is 11.7 Å². The third kappa shape index (κ3) is 3.08. The van der Waals surface area contributed by atoms with Gasteiger partial charge in [0.05, 0.1) is 12.3 Å². The number of ether oxygens (including phenoxy) is 2. The van der Waals surface area contributed by atoms with Crippen LogP contribution in [0.5, 0.6) is 11.6 Å². The number of hydrogen-bond donors (Lipinski definition) is 0. The fourth-order valence-corrected chi connectivity index (χ4v) is 1.22. The van der Waals surface area contributed by atoms with Gasteiger partial charge in [0.15, 0.2) is 5.75 Å². The summed E-state index contributed by atoms with van der Waals surface area (Å²) in [5.74, 6) is 0.357. The summed E-state index contributed by atoms with van der Waals surface area (Å²) in [7, 11) is 0. The third-order valence-electron chi connectivity index (χ3n) is 2.01. The summed E-state index contributed by atoms with van der Waals surface area (Å²) >= 11 is 0. The van der Waals surface area contributed by atoms with Crippen LogP contribution >= 0.6 is 0 Å². The maximum Gasteiger partial charge on any atom is 0.257 e. The molecule has 1 saturated carbocycles. The summed E-state index contributed by atoms with van der Waals surface area (Å²) in [6, 6.07) is 1.33. The molecule has 88 valence electrons. The summed E-state index contributed by atoms with van der Waals surface area (Å²) in [6.07, 6.45) is 3.38. The predicted molar refractivity (Wildman–Crippen MR) is 58.2 cm³/mol. The first-order valence-electron chi connectivity index (χ1n) is 5.45. The monoisotopic (exact) mass is 225 g/mol. The van der Waals surface area contributed by atoms with Gasteiger partial charge in [-0.25, -0.2) is 9.37 Å². The first-order chi connectivity index (χ1) is 7.44. The van der Waals surface area contributed by atoms with Gasteiger partial charge in [-0.05, 0) is 33.6 Å². The number of halogens is 1. The van der Waals surface area contributed by atoms with Crippen molar-refractivity contribution < 1.29 is 13.9 Å². The van der Waals surface area contributed by atoms with Crippen LogP contribution in [0.3, 0.4) is 0 Å². The minimum atomic E-state index is -0.406. The van der Waals surface area contributed by atoms with Crippen LogP contribution in [0.2, 0.25) is 0 Å². The summed E-state index contributed by atoms with van der Waals surface area (Å²) in [4.78, 5) is 3.92. The summed E-state index contributed by atoms with van der Waals surface area (Å²) in [6.45, 7) is 5.75. The van der Waals surface area contributed by atoms with Crippen molar-refractivity contribution in [3.63, 3.8) is 0 Å². The molecule has 0 unspecified atom stereocenters. The fraction of sp³-hybridized carbons (Fsp3) is 0.583. The topological polar surface area (TPSA) is 31.4 Å². The zero-order valence-electron chi connectivity index (χ0n) is 9.79. The van der Waals surface area contributed by atoms with E-state index in [0.29, 0.717) is 11.6 Å². The van der Waals surface area contributed by atoms with E-state index in [0.717, 1.165) is 19.0 Å². The number of aromatic nitrogens is 1. The van der Waals surface area contributed by atoms with Crippen LogP contribution in [-0.4, -0.2) is 16.7 Å². The smallest absolute Gasteiger partial charge is 0.257 e. The highest BCUT2D eigenvalue weighted by atomic mass is 19.1. The molecule has 0 bridgehead atoms. The van der Waals surface area contributed by atoms with E-state index in [1.165, 1.54) is 6.07 Å². The van der Waals surface area contributed by atoms with Gasteiger partial charge in [0.25, 0.3) is 5.88 Å². The van der Waals surface area contributed by atoms with Crippen LogP contribution in [-0.2, 0) is 0 Å². The molecule has 2 rings (SSSR count). The highest BCUT2D eigenvalue weighted by Crippen LogP contribution is 2.34. The summed E-state index contributed by atoms with van der Waals surface area (Å²) in [5.41, 5.74) is -0.369. The molecule has 0 saturated heterocycles. The van der Waals surface area contributed by atoms with Crippen molar-refractivity contribution >= 4 is 0 Å². The van der Waals surface area contributed by atoms with Crippen LogP contribution in [0, 0.1) is 5.82 Å². The van der Waals surface area contributed by atoms with Crippen molar-refractivity contribution in [2.75, 3.05) is 0 Å². The minimum Gasteiger partial charge on any atom is -0.485 e. The molecule has 0 atom stereocenters. The summed E-state index contributed by atoms with van der Waals surface area (Å²) < 4.78 is 24.2. The minimum absolute atomic E-state index is 0.200. The van der Waals surface area contributed by atoms with Crippen molar-refractivity contribution in [1.82, 2.24) is 4.98 Å². The van der Waals surface area contributed by atoms with Gasteiger partial charge in [0, 0.05) is 6.07 Å². The molecular formula is C12H16FNO2. The molecule has 0 radical (unpaired) electrons. The van der Waals surface area contributed by atoms with E-state index >= 15 is 0 Å². The van der Waals surface area contributed by atoms with E-state index in [4.69, 9.17) is 9.47 Å². The lowest BCUT2D eigenvalue weighted by molar-refractivity contribution is 0.115. The molecule has 1 aromatic rings. The Balaban J connectivity index is 2.20. The van der Waals surface area contributed by atoms with Crippen LogP contribution in [0.15, 0.2) is 12.3 Å². The van der Waals surface area contributed by atoms with Gasteiger partial charge in [-0.15, -0.1) is 0 Å². The molecule has 1 heterocycles. The molecular weight excluding hydrogens is 209 g/mol. The maximum absolute atomic E-state index is 13.1. The number of pyridine rings is 1. The average molecular weight is 225 g/mol. The van der Waals surface area contributed by atoms with Crippen molar-refractivity contribution in [1.29, 1.82) is 0 Å². The average Bonchev–Trinajstić information content (AvgIpc) is 2.91. The van der Waals surface area contributed by atoms with Gasteiger partial charge in [0.1, 0.15) is 11.4 Å². The molecule has 4 heteroatoms. The highest BCUT2D eigenvalue weighted by molar-refractivity contribution is 5.34. The van der Waals surface area contributed by atoms with Gasteiger partial charge in [-0.1, -0.05) is 0 Å². The van der Waals surface area contributed by atoms with Crippen LogP contribution in [0.4, 0.5) is 4.39 Å². The number of hydrogen-bond acceptors (Lipinski definition) is 3. The Hall–Kier alpha value is -1.32. The number of nitrogens with zero attached hydrogens (tertiary/aromatic N) is 1. The van der Waals surface area contributed by atoms with Crippen molar-refractivity contribution in [2.24, 2.45) is 0 Å². The van der Waals surface area contributed by atoms with Crippen LogP contribution in [0.1, 0.15) is 33.6 Å². The second-order valence-corrected chi connectivity index (χ2v) is 4.99. The van der Waals surface area contributed by atoms with Crippen LogP contribution < -0.4 is 9.47 Å². The van der Waals surface area contributed by atoms with E-state index in [1.807, 2.05) is 20.8 Å². The van der Waals surface area contributed by atoms with Gasteiger partial charge in [-0.2, -0.15) is 0 Å². The van der Waals surface area contributed by atoms with Crippen molar-refractivity contribution in [3.05, 3.63) is 18.1 Å². The second-order valence-electron chi connectivity index (χ2n) is 4.99. The Labute approximate surface area is 94.6 Å². The molecule has 1 aliphatic rings. The van der Waals surface area contributed by atoms with E-state index in [1.54, 1.807) is 0 Å². The molecule has 0 aliphatic heterocycles. The molecule has 0 spiro atoms. The van der Waals surface area contributed by atoms with Crippen molar-refractivity contribution in [3.8, 4) is 11.6 Å². The second kappa shape index (κ2) is 3.92. The molecule has 0 N–H and O–H groups in total. The van der Waals surface area contributed by atoms with E-state index in [9.17, 15) is 4.39 Å². The molecule has 1 aliphatic carbocycles. The lowest BCUT2D eigenvalue weighted by atomic mass is 10.2. The quantitative estimate of drug-likeness (QED) is 0.792. The molecule has 1 aromatic heterocycles. The molecule has 1 fully saturated rings. The Bertz CT molecular complexity index is 383. The Morgan fingerprint density at radius 2 is 2.06 bits per heavy atom. The Morgan fingerprint density at radius 3 is 2.62 bits per heavy atom. The maximum atomic E-state index is 13.1. The predicted octanol–water partition coefficient (Wildman–Crippen LogP) is 2.94. The highest BCUT2D eigenvalue weighted by Gasteiger charge is 2.26. The van der Waals surface area contributed by atoms with E-state index in [2.05, 4.69) is 4.98 Å². The van der Waals surface area contributed by atoms with E-state index < -0.39 is 5.82 Å². The molecule has 16 heavy (non-hydrogen) atoms. The first kappa shape index (κ1) is 11.2. The number of rotatable bonds is 3. The normalized spacial score (nSPS) is 16.0. The van der Waals surface area contributed by atoms with Gasteiger partial charge >= 0.3 is 0 Å². The Morgan fingerprint density at radius 1 is 1.38 bits per heavy atom. The zero-order chi connectivity index (χ0) is 11.8. The molecule has 3 nitrogen and oxygen atoms in total. The van der Waals surface area contributed by atoms with Crippen LogP contribution in [0.25, 0.3) is 0 Å². The standard InChI is InChI=1S/C12H16FNO2/c1-12(2,3)16-11-10(15-9-4-5-9)6-8(13)7-14-11/h6-7,9H,4-5H2,1-3H3. The lowest BCUT2D eigenvalue weighted by Crippen LogP contribution is -2.24. The molecule has 0 amide bonds.